The zero-order valence-electron chi connectivity index (χ0n) is 24.5. The number of sulfonamides is 1. The Balaban J connectivity index is 1.90. The van der Waals surface area contributed by atoms with E-state index >= 15 is 0 Å². The van der Waals surface area contributed by atoms with Gasteiger partial charge in [0.25, 0.3) is 0 Å². The molecule has 3 rings (SSSR count). The minimum atomic E-state index is -3.64. The van der Waals surface area contributed by atoms with Gasteiger partial charge in [0.15, 0.2) is 0 Å². The number of carbonyl (C=O) groups is 2. The molecule has 3 aromatic rings. The van der Waals surface area contributed by atoms with Crippen molar-refractivity contribution >= 4 is 27.5 Å². The second-order valence-corrected chi connectivity index (χ2v) is 12.4. The summed E-state index contributed by atoms with van der Waals surface area (Å²) in [6.45, 7) is 6.11. The highest BCUT2D eigenvalue weighted by Crippen LogP contribution is 2.30. The summed E-state index contributed by atoms with van der Waals surface area (Å²) in [5.41, 5.74) is 3.33. The number of amides is 2. The van der Waals surface area contributed by atoms with Crippen molar-refractivity contribution in [2.24, 2.45) is 0 Å². The molecule has 0 aliphatic heterocycles. The van der Waals surface area contributed by atoms with Crippen molar-refractivity contribution in [3.63, 3.8) is 0 Å². The molecule has 0 fully saturated rings. The fourth-order valence-corrected chi connectivity index (χ4v) is 5.73. The number of nitrogens with zero attached hydrogens (tertiary/aromatic N) is 2. The molecular formula is C32H41N3O5S. The molecule has 0 bridgehead atoms. The highest BCUT2D eigenvalue weighted by Gasteiger charge is 2.31. The smallest absolute Gasteiger partial charge is 0.243 e. The molecule has 1 atom stereocenters. The van der Waals surface area contributed by atoms with Crippen LogP contribution >= 0.6 is 0 Å². The van der Waals surface area contributed by atoms with E-state index in [9.17, 15) is 18.0 Å². The number of hydrogen-bond donors (Lipinski definition) is 1. The number of para-hydroxylation sites is 2. The Labute approximate surface area is 244 Å². The third kappa shape index (κ3) is 9.35. The number of methoxy groups -OCH3 is 1. The molecule has 1 N–H and O–H groups in total. The van der Waals surface area contributed by atoms with Gasteiger partial charge in [-0.2, -0.15) is 0 Å². The number of rotatable bonds is 14. The van der Waals surface area contributed by atoms with Gasteiger partial charge in [0.05, 0.1) is 19.1 Å². The number of aryl methyl sites for hydroxylation is 1. The average molecular weight is 580 g/mol. The number of hydrogen-bond acceptors (Lipinski definition) is 5. The summed E-state index contributed by atoms with van der Waals surface area (Å²) in [4.78, 5) is 29.1. The van der Waals surface area contributed by atoms with Crippen LogP contribution in [-0.2, 0) is 32.6 Å². The van der Waals surface area contributed by atoms with E-state index in [1.807, 2.05) is 75.4 Å². The van der Waals surface area contributed by atoms with Gasteiger partial charge in [-0.15, -0.1) is 0 Å². The molecule has 3 aromatic carbocycles. The third-order valence-corrected chi connectivity index (χ3v) is 7.82. The Morgan fingerprint density at radius 1 is 0.927 bits per heavy atom. The number of ether oxygens (including phenoxy) is 1. The maximum Gasteiger partial charge on any atom is 0.243 e. The van der Waals surface area contributed by atoms with Crippen LogP contribution in [-0.4, -0.2) is 57.1 Å². The lowest BCUT2D eigenvalue weighted by Crippen LogP contribution is -2.51. The molecule has 0 aliphatic rings. The van der Waals surface area contributed by atoms with Crippen molar-refractivity contribution < 1.29 is 22.7 Å². The quantitative estimate of drug-likeness (QED) is 0.298. The van der Waals surface area contributed by atoms with Gasteiger partial charge >= 0.3 is 0 Å². The van der Waals surface area contributed by atoms with E-state index in [4.69, 9.17) is 4.74 Å². The third-order valence-electron chi connectivity index (χ3n) is 6.64. The second-order valence-electron chi connectivity index (χ2n) is 10.5. The van der Waals surface area contributed by atoms with Crippen LogP contribution in [0.15, 0.2) is 78.9 Å². The summed E-state index contributed by atoms with van der Waals surface area (Å²) < 4.78 is 32.1. The fourth-order valence-electron chi connectivity index (χ4n) is 4.76. The molecule has 2 amide bonds. The van der Waals surface area contributed by atoms with Gasteiger partial charge in [-0.1, -0.05) is 72.3 Å². The van der Waals surface area contributed by atoms with Crippen LogP contribution < -0.4 is 14.4 Å². The molecule has 9 heteroatoms. The molecule has 0 heterocycles. The summed E-state index contributed by atoms with van der Waals surface area (Å²) in [5, 5.41) is 2.99. The standard InChI is InChI=1S/C32H41N3O5S/c1-24(2)33-32(37)29(22-26-14-7-6-8-15-26)34(23-27-16-11-13-25(3)21-27)31(36)19-12-20-35(41(5,38)39)28-17-9-10-18-30(28)40-4/h6-11,13-18,21,24,29H,12,19-20,22-23H2,1-5H3,(H,33,37)/t29-/m1/s1. The molecule has 220 valence electrons. The summed E-state index contributed by atoms with van der Waals surface area (Å²) in [5.74, 6) is -0.0185. The predicted octanol–water partition coefficient (Wildman–Crippen LogP) is 4.71. The zero-order valence-corrected chi connectivity index (χ0v) is 25.4. The van der Waals surface area contributed by atoms with Crippen LogP contribution in [0.1, 0.15) is 43.4 Å². The monoisotopic (exact) mass is 579 g/mol. The van der Waals surface area contributed by atoms with E-state index in [1.54, 1.807) is 29.2 Å². The molecule has 0 aromatic heterocycles. The summed E-state index contributed by atoms with van der Waals surface area (Å²) in [7, 11) is -2.15. The molecule has 41 heavy (non-hydrogen) atoms. The maximum atomic E-state index is 13.9. The normalized spacial score (nSPS) is 12.0. The van der Waals surface area contributed by atoms with E-state index in [0.29, 0.717) is 17.9 Å². The van der Waals surface area contributed by atoms with Crippen LogP contribution in [0.4, 0.5) is 5.69 Å². The lowest BCUT2D eigenvalue weighted by Gasteiger charge is -2.32. The van der Waals surface area contributed by atoms with E-state index in [1.165, 1.54) is 11.4 Å². The number of carbonyl (C=O) groups excluding carboxylic acids is 2. The Bertz CT molecular complexity index is 1410. The SMILES string of the molecule is COc1ccccc1N(CCCC(=O)N(Cc1cccc(C)c1)[C@H](Cc1ccccc1)C(=O)NC(C)C)S(C)(=O)=O. The molecule has 0 saturated carbocycles. The average Bonchev–Trinajstić information content (AvgIpc) is 2.92. The largest absolute Gasteiger partial charge is 0.495 e. The van der Waals surface area contributed by atoms with E-state index in [0.717, 1.165) is 22.9 Å². The van der Waals surface area contributed by atoms with Gasteiger partial charge < -0.3 is 15.0 Å². The first-order chi connectivity index (χ1) is 19.5. The lowest BCUT2D eigenvalue weighted by molar-refractivity contribution is -0.141. The highest BCUT2D eigenvalue weighted by atomic mass is 32.2. The minimum absolute atomic E-state index is 0.0627. The molecule has 0 radical (unpaired) electrons. The Morgan fingerprint density at radius 3 is 2.22 bits per heavy atom. The molecule has 0 unspecified atom stereocenters. The summed E-state index contributed by atoms with van der Waals surface area (Å²) in [6, 6.07) is 23.6. The Hall–Kier alpha value is -3.85. The zero-order chi connectivity index (χ0) is 30.0. The second kappa shape index (κ2) is 14.7. The predicted molar refractivity (Wildman–Crippen MR) is 163 cm³/mol. The molecule has 0 aliphatic carbocycles. The molecule has 0 spiro atoms. The van der Waals surface area contributed by atoms with Gasteiger partial charge in [0.1, 0.15) is 11.8 Å². The molecular weight excluding hydrogens is 538 g/mol. The first-order valence-corrected chi connectivity index (χ1v) is 15.6. The van der Waals surface area contributed by atoms with Crippen LogP contribution in [0.25, 0.3) is 0 Å². The minimum Gasteiger partial charge on any atom is -0.495 e. The van der Waals surface area contributed by atoms with Gasteiger partial charge in [-0.05, 0) is 50.5 Å². The van der Waals surface area contributed by atoms with Crippen molar-refractivity contribution in [2.45, 2.75) is 58.7 Å². The van der Waals surface area contributed by atoms with Crippen LogP contribution in [0.5, 0.6) is 5.75 Å². The Morgan fingerprint density at radius 2 is 1.59 bits per heavy atom. The topological polar surface area (TPSA) is 96.0 Å². The van der Waals surface area contributed by atoms with Gasteiger partial charge in [-0.3, -0.25) is 13.9 Å². The highest BCUT2D eigenvalue weighted by molar-refractivity contribution is 7.92. The van der Waals surface area contributed by atoms with Crippen molar-refractivity contribution in [1.29, 1.82) is 0 Å². The van der Waals surface area contributed by atoms with Gasteiger partial charge in [0.2, 0.25) is 21.8 Å². The first-order valence-electron chi connectivity index (χ1n) is 13.8. The summed E-state index contributed by atoms with van der Waals surface area (Å²) in [6.07, 6.45) is 1.82. The lowest BCUT2D eigenvalue weighted by atomic mass is 10.0. The van der Waals surface area contributed by atoms with Gasteiger partial charge in [0, 0.05) is 32.0 Å². The van der Waals surface area contributed by atoms with Crippen molar-refractivity contribution in [3.8, 4) is 5.75 Å². The van der Waals surface area contributed by atoms with E-state index < -0.39 is 16.1 Å². The van der Waals surface area contributed by atoms with Gasteiger partial charge in [-0.25, -0.2) is 8.42 Å². The number of nitrogens with one attached hydrogen (secondary N) is 1. The Kier molecular flexibility index (Phi) is 11.3. The summed E-state index contributed by atoms with van der Waals surface area (Å²) >= 11 is 0. The van der Waals surface area contributed by atoms with Crippen molar-refractivity contribution in [3.05, 3.63) is 95.6 Å². The number of benzene rings is 3. The van der Waals surface area contributed by atoms with E-state index in [2.05, 4.69) is 5.32 Å². The first kappa shape index (κ1) is 31.7. The molecule has 8 nitrogen and oxygen atoms in total. The number of anilines is 1. The fraction of sp³-hybridized carbons (Fsp3) is 0.375. The van der Waals surface area contributed by atoms with Crippen LogP contribution in [0.3, 0.4) is 0 Å². The van der Waals surface area contributed by atoms with Crippen LogP contribution in [0.2, 0.25) is 0 Å². The van der Waals surface area contributed by atoms with E-state index in [-0.39, 0.29) is 43.8 Å². The maximum absolute atomic E-state index is 13.9. The van der Waals surface area contributed by atoms with Crippen LogP contribution in [0, 0.1) is 6.92 Å². The molecule has 0 saturated heterocycles. The van der Waals surface area contributed by atoms with Crippen molar-refractivity contribution in [2.75, 3.05) is 24.2 Å². The van der Waals surface area contributed by atoms with Crippen molar-refractivity contribution in [1.82, 2.24) is 10.2 Å².